The van der Waals surface area contributed by atoms with Gasteiger partial charge in [-0.3, -0.25) is 4.79 Å². The van der Waals surface area contributed by atoms with Gasteiger partial charge in [0.2, 0.25) is 11.8 Å². The first-order valence-electron chi connectivity index (χ1n) is 9.42. The summed E-state index contributed by atoms with van der Waals surface area (Å²) in [6.45, 7) is 7.92. The standard InChI is InChI=1S/C21H27N3O3/c1-4-11-26-21-10-7-18(12-22-21)24-13-20(14-24)27-19-8-5-17(6-9-19)15(2)23-16(3)25/h5-10,12,15,20H,4,11,13-14H2,1-3H3,(H,23,25). The smallest absolute Gasteiger partial charge is 0.217 e. The Kier molecular flexibility index (Phi) is 6.16. The van der Waals surface area contributed by atoms with Gasteiger partial charge in [0.25, 0.3) is 0 Å². The number of nitrogens with zero attached hydrogens (tertiary/aromatic N) is 2. The van der Waals surface area contributed by atoms with Crippen molar-refractivity contribution >= 4 is 11.6 Å². The van der Waals surface area contributed by atoms with E-state index in [0.29, 0.717) is 12.5 Å². The zero-order chi connectivity index (χ0) is 19.2. The van der Waals surface area contributed by atoms with Crippen LogP contribution in [0.2, 0.25) is 0 Å². The van der Waals surface area contributed by atoms with Gasteiger partial charge in [0, 0.05) is 13.0 Å². The number of amides is 1. The van der Waals surface area contributed by atoms with Crippen LogP contribution >= 0.6 is 0 Å². The van der Waals surface area contributed by atoms with Gasteiger partial charge in [-0.15, -0.1) is 0 Å². The second kappa shape index (κ2) is 8.75. The SMILES string of the molecule is CCCOc1ccc(N2CC(Oc3ccc(C(C)NC(C)=O)cc3)C2)cn1. The molecule has 144 valence electrons. The Morgan fingerprint density at radius 1 is 1.26 bits per heavy atom. The van der Waals surface area contributed by atoms with Gasteiger partial charge < -0.3 is 19.7 Å². The van der Waals surface area contributed by atoms with E-state index in [0.717, 1.165) is 36.5 Å². The first-order chi connectivity index (χ1) is 13.0. The molecule has 0 bridgehead atoms. The van der Waals surface area contributed by atoms with Crippen molar-refractivity contribution in [2.45, 2.75) is 39.3 Å². The summed E-state index contributed by atoms with van der Waals surface area (Å²) in [5.41, 5.74) is 2.14. The number of nitrogens with one attached hydrogen (secondary N) is 1. The molecule has 1 unspecified atom stereocenters. The van der Waals surface area contributed by atoms with E-state index in [-0.39, 0.29) is 18.1 Å². The minimum atomic E-state index is -0.0307. The third kappa shape index (κ3) is 5.12. The molecular formula is C21H27N3O3. The van der Waals surface area contributed by atoms with Gasteiger partial charge in [-0.05, 0) is 37.1 Å². The summed E-state index contributed by atoms with van der Waals surface area (Å²) >= 11 is 0. The van der Waals surface area contributed by atoms with Crippen LogP contribution < -0.4 is 19.7 Å². The van der Waals surface area contributed by atoms with Crippen molar-refractivity contribution in [1.29, 1.82) is 0 Å². The van der Waals surface area contributed by atoms with E-state index in [4.69, 9.17) is 9.47 Å². The summed E-state index contributed by atoms with van der Waals surface area (Å²) in [6, 6.07) is 11.8. The summed E-state index contributed by atoms with van der Waals surface area (Å²) in [5.74, 6) is 1.49. The molecule has 1 N–H and O–H groups in total. The van der Waals surface area contributed by atoms with E-state index in [2.05, 4.69) is 22.1 Å². The number of carbonyl (C=O) groups excluding carboxylic acids is 1. The molecule has 6 heteroatoms. The second-order valence-electron chi connectivity index (χ2n) is 6.84. The summed E-state index contributed by atoms with van der Waals surface area (Å²) in [6.07, 6.45) is 2.99. The van der Waals surface area contributed by atoms with Crippen LogP contribution in [0.4, 0.5) is 5.69 Å². The molecule has 1 amide bonds. The number of benzene rings is 1. The van der Waals surface area contributed by atoms with E-state index in [9.17, 15) is 4.79 Å². The summed E-state index contributed by atoms with van der Waals surface area (Å²) in [5, 5.41) is 2.88. The van der Waals surface area contributed by atoms with Crippen molar-refractivity contribution in [3.63, 3.8) is 0 Å². The maximum atomic E-state index is 11.1. The first kappa shape index (κ1) is 19.0. The highest BCUT2D eigenvalue weighted by atomic mass is 16.5. The number of carbonyl (C=O) groups is 1. The quantitative estimate of drug-likeness (QED) is 0.773. The van der Waals surface area contributed by atoms with Gasteiger partial charge >= 0.3 is 0 Å². The van der Waals surface area contributed by atoms with E-state index in [1.54, 1.807) is 0 Å². The average molecular weight is 369 g/mol. The molecule has 0 spiro atoms. The Morgan fingerprint density at radius 2 is 2.00 bits per heavy atom. The Labute approximate surface area is 160 Å². The first-order valence-corrected chi connectivity index (χ1v) is 9.42. The van der Waals surface area contributed by atoms with E-state index >= 15 is 0 Å². The Morgan fingerprint density at radius 3 is 2.59 bits per heavy atom. The molecule has 1 aromatic carbocycles. The molecule has 1 fully saturated rings. The van der Waals surface area contributed by atoms with Crippen LogP contribution in [0.5, 0.6) is 11.6 Å². The number of rotatable bonds is 8. The molecule has 0 saturated carbocycles. The van der Waals surface area contributed by atoms with Crippen LogP contribution in [-0.4, -0.2) is 36.7 Å². The highest BCUT2D eigenvalue weighted by molar-refractivity contribution is 5.73. The van der Waals surface area contributed by atoms with Crippen LogP contribution in [0.1, 0.15) is 38.8 Å². The molecule has 1 aliphatic heterocycles. The minimum absolute atomic E-state index is 0.00692. The van der Waals surface area contributed by atoms with E-state index < -0.39 is 0 Å². The lowest BCUT2D eigenvalue weighted by molar-refractivity contribution is -0.119. The minimum Gasteiger partial charge on any atom is -0.487 e. The highest BCUT2D eigenvalue weighted by Gasteiger charge is 2.29. The fourth-order valence-electron chi connectivity index (χ4n) is 2.99. The van der Waals surface area contributed by atoms with Gasteiger partial charge in [-0.2, -0.15) is 0 Å². The lowest BCUT2D eigenvalue weighted by Crippen LogP contribution is -2.54. The van der Waals surface area contributed by atoms with Crippen LogP contribution in [0.15, 0.2) is 42.6 Å². The summed E-state index contributed by atoms with van der Waals surface area (Å²) in [7, 11) is 0. The molecule has 27 heavy (non-hydrogen) atoms. The van der Waals surface area contributed by atoms with Gasteiger partial charge in [0.1, 0.15) is 11.9 Å². The van der Waals surface area contributed by atoms with Crippen LogP contribution in [0.25, 0.3) is 0 Å². The predicted octanol–water partition coefficient (Wildman–Crippen LogP) is 3.34. The zero-order valence-corrected chi connectivity index (χ0v) is 16.1. The van der Waals surface area contributed by atoms with Gasteiger partial charge in [0.05, 0.1) is 37.6 Å². The fraction of sp³-hybridized carbons (Fsp3) is 0.429. The Balaban J connectivity index is 1.46. The number of pyridine rings is 1. The lowest BCUT2D eigenvalue weighted by Gasteiger charge is -2.40. The predicted molar refractivity (Wildman–Crippen MR) is 105 cm³/mol. The monoisotopic (exact) mass is 369 g/mol. The molecule has 2 heterocycles. The highest BCUT2D eigenvalue weighted by Crippen LogP contribution is 2.25. The molecule has 2 aromatic rings. The lowest BCUT2D eigenvalue weighted by atomic mass is 10.1. The second-order valence-corrected chi connectivity index (χ2v) is 6.84. The van der Waals surface area contributed by atoms with Gasteiger partial charge in [-0.1, -0.05) is 19.1 Å². The fourth-order valence-corrected chi connectivity index (χ4v) is 2.99. The molecule has 6 nitrogen and oxygen atoms in total. The average Bonchev–Trinajstić information content (AvgIpc) is 2.63. The molecule has 0 aliphatic carbocycles. The van der Waals surface area contributed by atoms with Gasteiger partial charge in [-0.25, -0.2) is 4.98 Å². The maximum absolute atomic E-state index is 11.1. The number of anilines is 1. The molecule has 1 aromatic heterocycles. The molecule has 3 rings (SSSR count). The molecule has 1 aliphatic rings. The number of hydrogen-bond donors (Lipinski definition) is 1. The zero-order valence-electron chi connectivity index (χ0n) is 16.1. The van der Waals surface area contributed by atoms with Crippen molar-refractivity contribution in [2.75, 3.05) is 24.6 Å². The van der Waals surface area contributed by atoms with Gasteiger partial charge in [0.15, 0.2) is 0 Å². The number of aromatic nitrogens is 1. The van der Waals surface area contributed by atoms with Crippen LogP contribution in [0.3, 0.4) is 0 Å². The molecular weight excluding hydrogens is 342 g/mol. The maximum Gasteiger partial charge on any atom is 0.217 e. The third-order valence-corrected chi connectivity index (χ3v) is 4.49. The van der Waals surface area contributed by atoms with Crippen molar-refractivity contribution < 1.29 is 14.3 Å². The van der Waals surface area contributed by atoms with Crippen LogP contribution in [-0.2, 0) is 4.79 Å². The normalized spacial score (nSPS) is 15.0. The van der Waals surface area contributed by atoms with Crippen LogP contribution in [0, 0.1) is 0 Å². The van der Waals surface area contributed by atoms with E-state index in [1.807, 2.05) is 49.5 Å². The Hall–Kier alpha value is -2.76. The summed E-state index contributed by atoms with van der Waals surface area (Å²) in [4.78, 5) is 17.7. The molecule has 1 atom stereocenters. The topological polar surface area (TPSA) is 63.7 Å². The van der Waals surface area contributed by atoms with Crippen molar-refractivity contribution in [2.24, 2.45) is 0 Å². The number of ether oxygens (including phenoxy) is 2. The largest absolute Gasteiger partial charge is 0.487 e. The Bertz CT molecular complexity index is 740. The third-order valence-electron chi connectivity index (χ3n) is 4.49. The van der Waals surface area contributed by atoms with Crippen molar-refractivity contribution in [3.05, 3.63) is 48.2 Å². The van der Waals surface area contributed by atoms with Crippen molar-refractivity contribution in [1.82, 2.24) is 10.3 Å². The van der Waals surface area contributed by atoms with E-state index in [1.165, 1.54) is 6.92 Å². The number of hydrogen-bond acceptors (Lipinski definition) is 5. The summed E-state index contributed by atoms with van der Waals surface area (Å²) < 4.78 is 11.5. The molecule has 0 radical (unpaired) electrons. The molecule has 1 saturated heterocycles. The van der Waals surface area contributed by atoms with Crippen molar-refractivity contribution in [3.8, 4) is 11.6 Å².